The zero-order valence-electron chi connectivity index (χ0n) is 16.0. The number of nitrogens with zero attached hydrogens (tertiary/aromatic N) is 1. The standard InChI is InChI=1S/C22H23ClN2O2/c1-14-8-9-19-16(10-14)11-17(20(26)24-19)13-25(22(2,3)4)21(27)15-6-5-7-18(23)12-15/h5-12H,13H2,1-4H3,(H,24,26). The van der Waals surface area contributed by atoms with Crippen molar-refractivity contribution in [2.24, 2.45) is 0 Å². The number of aromatic amines is 1. The molecule has 140 valence electrons. The second-order valence-corrected chi connectivity index (χ2v) is 8.22. The number of carbonyl (C=O) groups excluding carboxylic acids is 1. The number of rotatable bonds is 3. The first-order chi connectivity index (χ1) is 12.6. The summed E-state index contributed by atoms with van der Waals surface area (Å²) in [5.74, 6) is -0.159. The predicted octanol–water partition coefficient (Wildman–Crippen LogP) is 4.93. The average molecular weight is 383 g/mol. The third-order valence-electron chi connectivity index (χ3n) is 4.53. The number of pyridine rings is 1. The molecule has 0 radical (unpaired) electrons. The molecule has 0 aliphatic heterocycles. The molecular formula is C22H23ClN2O2. The highest BCUT2D eigenvalue weighted by molar-refractivity contribution is 6.30. The molecule has 0 saturated carbocycles. The highest BCUT2D eigenvalue weighted by Gasteiger charge is 2.28. The summed E-state index contributed by atoms with van der Waals surface area (Å²) < 4.78 is 0. The summed E-state index contributed by atoms with van der Waals surface area (Å²) in [5, 5.41) is 1.46. The van der Waals surface area contributed by atoms with E-state index in [-0.39, 0.29) is 18.0 Å². The molecule has 3 aromatic rings. The van der Waals surface area contributed by atoms with E-state index in [1.54, 1.807) is 29.2 Å². The van der Waals surface area contributed by atoms with Crippen molar-refractivity contribution in [1.82, 2.24) is 9.88 Å². The van der Waals surface area contributed by atoms with Gasteiger partial charge in [0.15, 0.2) is 0 Å². The number of aromatic nitrogens is 1. The van der Waals surface area contributed by atoms with E-state index in [4.69, 9.17) is 11.6 Å². The summed E-state index contributed by atoms with van der Waals surface area (Å²) in [6, 6.07) is 14.6. The Morgan fingerprint density at radius 1 is 1.11 bits per heavy atom. The van der Waals surface area contributed by atoms with Crippen molar-refractivity contribution in [3.8, 4) is 0 Å². The summed E-state index contributed by atoms with van der Waals surface area (Å²) in [5.41, 5.74) is 2.32. The Balaban J connectivity index is 2.03. The van der Waals surface area contributed by atoms with Gasteiger partial charge < -0.3 is 9.88 Å². The van der Waals surface area contributed by atoms with Crippen LogP contribution in [-0.2, 0) is 6.54 Å². The normalized spacial score (nSPS) is 11.6. The number of carbonyl (C=O) groups is 1. The number of hydrogen-bond donors (Lipinski definition) is 1. The van der Waals surface area contributed by atoms with Gasteiger partial charge in [0.2, 0.25) is 0 Å². The van der Waals surface area contributed by atoms with Gasteiger partial charge in [0.05, 0.1) is 6.54 Å². The van der Waals surface area contributed by atoms with Gasteiger partial charge >= 0.3 is 0 Å². The molecule has 0 saturated heterocycles. The van der Waals surface area contributed by atoms with E-state index in [1.807, 2.05) is 52.0 Å². The highest BCUT2D eigenvalue weighted by atomic mass is 35.5. The van der Waals surface area contributed by atoms with Gasteiger partial charge in [0, 0.05) is 27.2 Å². The Hall–Kier alpha value is -2.59. The largest absolute Gasteiger partial charge is 0.329 e. The number of nitrogens with one attached hydrogen (secondary N) is 1. The van der Waals surface area contributed by atoms with Crippen LogP contribution >= 0.6 is 11.6 Å². The van der Waals surface area contributed by atoms with Crippen LogP contribution in [0.4, 0.5) is 0 Å². The first kappa shape index (κ1) is 19.2. The van der Waals surface area contributed by atoms with Gasteiger partial charge in [-0.25, -0.2) is 0 Å². The number of benzene rings is 2. The van der Waals surface area contributed by atoms with Gasteiger partial charge in [0.1, 0.15) is 0 Å². The Morgan fingerprint density at radius 2 is 1.85 bits per heavy atom. The summed E-state index contributed by atoms with van der Waals surface area (Å²) in [6.07, 6.45) is 0. The van der Waals surface area contributed by atoms with E-state index >= 15 is 0 Å². The van der Waals surface area contributed by atoms with Crippen LogP contribution in [0.1, 0.15) is 42.3 Å². The van der Waals surface area contributed by atoms with Gasteiger partial charge in [-0.1, -0.05) is 29.3 Å². The molecule has 5 heteroatoms. The first-order valence-corrected chi connectivity index (χ1v) is 9.23. The number of hydrogen-bond acceptors (Lipinski definition) is 2. The van der Waals surface area contributed by atoms with Gasteiger partial charge in [-0.05, 0) is 69.5 Å². The molecule has 3 rings (SSSR count). The fraction of sp³-hybridized carbons (Fsp3) is 0.273. The van der Waals surface area contributed by atoms with Crippen molar-refractivity contribution in [1.29, 1.82) is 0 Å². The summed E-state index contributed by atoms with van der Waals surface area (Å²) in [4.78, 5) is 30.3. The van der Waals surface area contributed by atoms with Crippen molar-refractivity contribution in [2.45, 2.75) is 39.8 Å². The van der Waals surface area contributed by atoms with Crippen LogP contribution in [0.2, 0.25) is 5.02 Å². The van der Waals surface area contributed by atoms with E-state index in [9.17, 15) is 9.59 Å². The number of aryl methyl sites for hydroxylation is 1. The van der Waals surface area contributed by atoms with Gasteiger partial charge in [-0.3, -0.25) is 9.59 Å². The van der Waals surface area contributed by atoms with Gasteiger partial charge in [0.25, 0.3) is 11.5 Å². The van der Waals surface area contributed by atoms with Crippen LogP contribution in [-0.4, -0.2) is 21.3 Å². The zero-order valence-corrected chi connectivity index (χ0v) is 16.7. The third-order valence-corrected chi connectivity index (χ3v) is 4.77. The molecule has 1 aromatic heterocycles. The monoisotopic (exact) mass is 382 g/mol. The average Bonchev–Trinajstić information content (AvgIpc) is 2.58. The lowest BCUT2D eigenvalue weighted by Crippen LogP contribution is -2.46. The SMILES string of the molecule is Cc1ccc2[nH]c(=O)c(CN(C(=O)c3cccc(Cl)c3)C(C)(C)C)cc2c1. The van der Waals surface area contributed by atoms with Crippen LogP contribution in [0.5, 0.6) is 0 Å². The van der Waals surface area contributed by atoms with Crippen molar-refractivity contribution < 1.29 is 4.79 Å². The van der Waals surface area contributed by atoms with Crippen LogP contribution in [0.3, 0.4) is 0 Å². The second kappa shape index (κ2) is 7.20. The fourth-order valence-corrected chi connectivity index (χ4v) is 3.24. The lowest BCUT2D eigenvalue weighted by atomic mass is 10.0. The zero-order chi connectivity index (χ0) is 19.8. The van der Waals surface area contributed by atoms with Crippen molar-refractivity contribution in [2.75, 3.05) is 0 Å². The maximum absolute atomic E-state index is 13.1. The van der Waals surface area contributed by atoms with Crippen LogP contribution in [0.25, 0.3) is 10.9 Å². The summed E-state index contributed by atoms with van der Waals surface area (Å²) in [7, 11) is 0. The van der Waals surface area contributed by atoms with Crippen LogP contribution in [0, 0.1) is 6.92 Å². The number of amides is 1. The lowest BCUT2D eigenvalue weighted by molar-refractivity contribution is 0.0558. The van der Waals surface area contributed by atoms with Gasteiger partial charge in [-0.2, -0.15) is 0 Å². The summed E-state index contributed by atoms with van der Waals surface area (Å²) >= 11 is 6.05. The van der Waals surface area contributed by atoms with E-state index < -0.39 is 5.54 Å². The fourth-order valence-electron chi connectivity index (χ4n) is 3.05. The molecule has 1 heterocycles. The predicted molar refractivity (Wildman–Crippen MR) is 110 cm³/mol. The highest BCUT2D eigenvalue weighted by Crippen LogP contribution is 2.22. The molecule has 0 unspecified atom stereocenters. The maximum atomic E-state index is 13.1. The quantitative estimate of drug-likeness (QED) is 0.698. The Morgan fingerprint density at radius 3 is 2.52 bits per heavy atom. The second-order valence-electron chi connectivity index (χ2n) is 7.79. The van der Waals surface area contributed by atoms with Crippen molar-refractivity contribution in [3.63, 3.8) is 0 Å². The van der Waals surface area contributed by atoms with E-state index in [2.05, 4.69) is 4.98 Å². The van der Waals surface area contributed by atoms with Crippen molar-refractivity contribution in [3.05, 3.63) is 80.6 Å². The molecule has 0 aliphatic rings. The van der Waals surface area contributed by atoms with Crippen molar-refractivity contribution >= 4 is 28.4 Å². The van der Waals surface area contributed by atoms with E-state index in [1.165, 1.54) is 0 Å². The van der Waals surface area contributed by atoms with E-state index in [0.29, 0.717) is 16.1 Å². The third kappa shape index (κ3) is 4.22. The molecule has 4 nitrogen and oxygen atoms in total. The van der Waals surface area contributed by atoms with Gasteiger partial charge in [-0.15, -0.1) is 0 Å². The molecule has 27 heavy (non-hydrogen) atoms. The lowest BCUT2D eigenvalue weighted by Gasteiger charge is -2.36. The Labute approximate surface area is 163 Å². The van der Waals surface area contributed by atoms with Crippen LogP contribution < -0.4 is 5.56 Å². The first-order valence-electron chi connectivity index (χ1n) is 8.85. The van der Waals surface area contributed by atoms with E-state index in [0.717, 1.165) is 16.5 Å². The molecule has 2 aromatic carbocycles. The number of H-pyrrole nitrogens is 1. The maximum Gasteiger partial charge on any atom is 0.254 e. The molecule has 1 amide bonds. The molecular weight excluding hydrogens is 360 g/mol. The molecule has 0 spiro atoms. The topological polar surface area (TPSA) is 53.2 Å². The smallest absolute Gasteiger partial charge is 0.254 e. The minimum Gasteiger partial charge on any atom is -0.329 e. The molecule has 0 bridgehead atoms. The minimum atomic E-state index is -0.465. The molecule has 0 fully saturated rings. The van der Waals surface area contributed by atoms with Crippen LogP contribution in [0.15, 0.2) is 53.3 Å². The summed E-state index contributed by atoms with van der Waals surface area (Å²) in [6.45, 7) is 8.08. The number of fused-ring (bicyclic) bond motifs is 1. The Kier molecular flexibility index (Phi) is 5.11. The molecule has 0 aliphatic carbocycles. The molecule has 0 atom stereocenters. The number of halogens is 1. The molecule has 1 N–H and O–H groups in total. The minimum absolute atomic E-state index is 0.159. The Bertz CT molecular complexity index is 1060.